The number of amides is 1. The van der Waals surface area contributed by atoms with Gasteiger partial charge in [-0.15, -0.1) is 0 Å². The van der Waals surface area contributed by atoms with Crippen LogP contribution in [-0.2, 0) is 11.3 Å². The number of hydrogen-bond acceptors (Lipinski definition) is 7. The van der Waals surface area contributed by atoms with E-state index in [0.717, 1.165) is 71.9 Å². The van der Waals surface area contributed by atoms with E-state index in [0.29, 0.717) is 42.6 Å². The summed E-state index contributed by atoms with van der Waals surface area (Å²) in [4.78, 5) is 25.2. The Bertz CT molecular complexity index is 1810. The van der Waals surface area contributed by atoms with Gasteiger partial charge in [0.1, 0.15) is 23.7 Å². The summed E-state index contributed by atoms with van der Waals surface area (Å²) in [5, 5.41) is 9.19. The van der Waals surface area contributed by atoms with Crippen molar-refractivity contribution in [3.63, 3.8) is 0 Å². The standard InChI is InChI=1S/C33H35N7O3/c1-21-4-2-5-23(35-21)18-40-28-7-3-6-27(31(28)32(37-40)22-8-9-22)36-33(41)29-17-34-30-16-24(12-13-39(29)30)42-15-14-38-19-25-10-11-26(20-38)43-25/h2-7,12-13,16-17,22,25-26H,8-11,14-15,18-20H2,1H3,(H,36,41). The molecule has 43 heavy (non-hydrogen) atoms. The summed E-state index contributed by atoms with van der Waals surface area (Å²) in [5.41, 5.74) is 5.88. The number of ether oxygens (including phenoxy) is 2. The number of carbonyl (C=O) groups excluding carboxylic acids is 1. The lowest BCUT2D eigenvalue weighted by Crippen LogP contribution is -2.44. The third-order valence-corrected chi connectivity index (χ3v) is 8.79. The normalized spacial score (nSPS) is 20.2. The van der Waals surface area contributed by atoms with E-state index in [1.165, 1.54) is 12.8 Å². The van der Waals surface area contributed by atoms with Crippen molar-refractivity contribution in [1.29, 1.82) is 0 Å². The number of pyridine rings is 2. The number of anilines is 1. The average molecular weight is 578 g/mol. The molecule has 2 atom stereocenters. The van der Waals surface area contributed by atoms with Crippen LogP contribution >= 0.6 is 0 Å². The molecule has 1 saturated carbocycles. The number of carbonyl (C=O) groups is 1. The third-order valence-electron chi connectivity index (χ3n) is 8.79. The lowest BCUT2D eigenvalue weighted by molar-refractivity contribution is -0.0408. The van der Waals surface area contributed by atoms with Gasteiger partial charge in [-0.3, -0.25) is 23.8 Å². The fourth-order valence-corrected chi connectivity index (χ4v) is 6.55. The molecule has 4 aromatic heterocycles. The molecule has 3 aliphatic rings. The molecule has 10 heteroatoms. The lowest BCUT2D eigenvalue weighted by atomic mass is 10.1. The van der Waals surface area contributed by atoms with Crippen LogP contribution in [0.4, 0.5) is 5.69 Å². The van der Waals surface area contributed by atoms with E-state index < -0.39 is 0 Å². The maximum absolute atomic E-state index is 13.6. The van der Waals surface area contributed by atoms with Crippen molar-refractivity contribution in [3.05, 3.63) is 83.7 Å². The zero-order valence-corrected chi connectivity index (χ0v) is 24.3. The first-order chi connectivity index (χ1) is 21.1. The lowest BCUT2D eigenvalue weighted by Gasteiger charge is -2.31. The number of morpholine rings is 1. The molecule has 2 aliphatic heterocycles. The first kappa shape index (κ1) is 26.4. The van der Waals surface area contributed by atoms with Gasteiger partial charge in [-0.2, -0.15) is 5.10 Å². The fourth-order valence-electron chi connectivity index (χ4n) is 6.55. The second kappa shape index (κ2) is 10.8. The van der Waals surface area contributed by atoms with Crippen molar-refractivity contribution < 1.29 is 14.3 Å². The Morgan fingerprint density at radius 1 is 1.07 bits per heavy atom. The van der Waals surface area contributed by atoms with Gasteiger partial charge in [0.2, 0.25) is 0 Å². The minimum atomic E-state index is -0.217. The largest absolute Gasteiger partial charge is 0.492 e. The van der Waals surface area contributed by atoms with E-state index in [1.54, 1.807) is 10.6 Å². The molecule has 3 fully saturated rings. The predicted molar refractivity (Wildman–Crippen MR) is 163 cm³/mol. The highest BCUT2D eigenvalue weighted by Gasteiger charge is 2.33. The molecule has 0 radical (unpaired) electrons. The van der Waals surface area contributed by atoms with Crippen LogP contribution in [0.5, 0.6) is 5.75 Å². The molecule has 1 N–H and O–H groups in total. The van der Waals surface area contributed by atoms with Crippen molar-refractivity contribution >= 4 is 28.1 Å². The maximum atomic E-state index is 13.6. The van der Waals surface area contributed by atoms with Crippen molar-refractivity contribution in [3.8, 4) is 5.75 Å². The molecule has 2 bridgehead atoms. The second-order valence-corrected chi connectivity index (χ2v) is 12.0. The smallest absolute Gasteiger partial charge is 0.274 e. The van der Waals surface area contributed by atoms with Crippen molar-refractivity contribution in [2.45, 2.75) is 57.3 Å². The van der Waals surface area contributed by atoms with E-state index in [1.807, 2.05) is 60.3 Å². The highest BCUT2D eigenvalue weighted by Crippen LogP contribution is 2.44. The molecule has 6 heterocycles. The van der Waals surface area contributed by atoms with Crippen LogP contribution in [0.1, 0.15) is 59.2 Å². The van der Waals surface area contributed by atoms with Gasteiger partial charge in [-0.1, -0.05) is 12.1 Å². The molecule has 2 unspecified atom stereocenters. The number of fused-ring (bicyclic) bond motifs is 4. The number of nitrogens with zero attached hydrogens (tertiary/aromatic N) is 6. The van der Waals surface area contributed by atoms with Gasteiger partial charge < -0.3 is 14.8 Å². The predicted octanol–water partition coefficient (Wildman–Crippen LogP) is 4.81. The zero-order chi connectivity index (χ0) is 28.9. The summed E-state index contributed by atoms with van der Waals surface area (Å²) in [6.45, 7) is 6.02. The number of benzene rings is 1. The molecule has 1 aliphatic carbocycles. The number of aryl methyl sites for hydroxylation is 1. The molecular weight excluding hydrogens is 542 g/mol. The van der Waals surface area contributed by atoms with Gasteiger partial charge in [0.25, 0.3) is 5.91 Å². The van der Waals surface area contributed by atoms with E-state index in [2.05, 4.69) is 26.3 Å². The van der Waals surface area contributed by atoms with Crippen molar-refractivity contribution in [2.75, 3.05) is 31.6 Å². The molecule has 1 amide bonds. The van der Waals surface area contributed by atoms with Crippen LogP contribution in [0, 0.1) is 6.92 Å². The topological polar surface area (TPSA) is 98.8 Å². The second-order valence-electron chi connectivity index (χ2n) is 12.0. The van der Waals surface area contributed by atoms with Gasteiger partial charge in [-0.25, -0.2) is 4.98 Å². The van der Waals surface area contributed by atoms with Crippen LogP contribution in [0.2, 0.25) is 0 Å². The maximum Gasteiger partial charge on any atom is 0.274 e. The summed E-state index contributed by atoms with van der Waals surface area (Å²) in [7, 11) is 0. The van der Waals surface area contributed by atoms with Crippen LogP contribution in [-0.4, -0.2) is 73.4 Å². The molecule has 5 aromatic rings. The number of likely N-dealkylation sites (tertiary alicyclic amines) is 1. The zero-order valence-electron chi connectivity index (χ0n) is 24.3. The van der Waals surface area contributed by atoms with Gasteiger partial charge >= 0.3 is 0 Å². The average Bonchev–Trinajstić information content (AvgIpc) is 3.52. The Hall–Kier alpha value is -4.28. The van der Waals surface area contributed by atoms with Gasteiger partial charge in [0.05, 0.1) is 47.5 Å². The van der Waals surface area contributed by atoms with Crippen LogP contribution in [0.25, 0.3) is 16.6 Å². The van der Waals surface area contributed by atoms with Gasteiger partial charge in [-0.05, 0) is 62.9 Å². The highest BCUT2D eigenvalue weighted by molar-refractivity contribution is 6.09. The molecule has 220 valence electrons. The number of nitrogens with one attached hydrogen (secondary N) is 1. The van der Waals surface area contributed by atoms with Crippen molar-refractivity contribution in [2.24, 2.45) is 0 Å². The first-order valence-corrected chi connectivity index (χ1v) is 15.3. The number of imidazole rings is 1. The van der Waals surface area contributed by atoms with Gasteiger partial charge in [0.15, 0.2) is 0 Å². The van der Waals surface area contributed by atoms with E-state index in [4.69, 9.17) is 14.6 Å². The molecule has 1 aromatic carbocycles. The van der Waals surface area contributed by atoms with E-state index >= 15 is 0 Å². The molecule has 10 nitrogen and oxygen atoms in total. The van der Waals surface area contributed by atoms with E-state index in [9.17, 15) is 4.79 Å². The molecule has 0 spiro atoms. The molecule has 2 saturated heterocycles. The third kappa shape index (κ3) is 5.25. The van der Waals surface area contributed by atoms with Gasteiger partial charge in [0, 0.05) is 48.9 Å². The minimum absolute atomic E-state index is 0.217. The summed E-state index contributed by atoms with van der Waals surface area (Å²) in [6.07, 6.45) is 8.79. The summed E-state index contributed by atoms with van der Waals surface area (Å²) >= 11 is 0. The molecular formula is C33H35N7O3. The Morgan fingerprint density at radius 3 is 2.72 bits per heavy atom. The summed E-state index contributed by atoms with van der Waals surface area (Å²) < 4.78 is 15.8. The quantitative estimate of drug-likeness (QED) is 0.269. The fraction of sp³-hybridized carbons (Fsp3) is 0.394. The number of aromatic nitrogens is 5. The van der Waals surface area contributed by atoms with Crippen LogP contribution in [0.3, 0.4) is 0 Å². The Kier molecular flexibility index (Phi) is 6.60. The number of rotatable bonds is 9. The highest BCUT2D eigenvalue weighted by atomic mass is 16.5. The summed E-state index contributed by atoms with van der Waals surface area (Å²) in [6, 6.07) is 15.8. The Balaban J connectivity index is 0.995. The minimum Gasteiger partial charge on any atom is -0.492 e. The Labute approximate surface area is 249 Å². The van der Waals surface area contributed by atoms with Crippen LogP contribution in [0.15, 0.2) is 60.9 Å². The van der Waals surface area contributed by atoms with E-state index in [-0.39, 0.29) is 5.91 Å². The van der Waals surface area contributed by atoms with Crippen LogP contribution < -0.4 is 10.1 Å². The SMILES string of the molecule is Cc1cccc(Cn2nc(C3CC3)c3c(NC(=O)c4cnc5cc(OCCN6CC7CCC(C6)O7)ccn45)cccc32)n1. The monoisotopic (exact) mass is 577 g/mol. The summed E-state index contributed by atoms with van der Waals surface area (Å²) in [5.74, 6) is 0.945. The Morgan fingerprint density at radius 2 is 1.91 bits per heavy atom. The first-order valence-electron chi connectivity index (χ1n) is 15.3. The molecule has 8 rings (SSSR count). The van der Waals surface area contributed by atoms with Crippen molar-refractivity contribution in [1.82, 2.24) is 29.0 Å². The number of hydrogen-bond donors (Lipinski definition) is 1.